The van der Waals surface area contributed by atoms with E-state index < -0.39 is 0 Å². The number of benzene rings is 2. The van der Waals surface area contributed by atoms with Crippen LogP contribution in [0.5, 0.6) is 5.75 Å². The van der Waals surface area contributed by atoms with Crippen LogP contribution in [0.2, 0.25) is 0 Å². The lowest BCUT2D eigenvalue weighted by Gasteiger charge is -2.18. The van der Waals surface area contributed by atoms with Gasteiger partial charge in [-0.25, -0.2) is 8.78 Å². The number of hydrogen-bond acceptors (Lipinski definition) is 2. The van der Waals surface area contributed by atoms with E-state index >= 15 is 0 Å². The molecular weight excluding hydrogens is 272 g/mol. The molecule has 0 saturated carbocycles. The van der Waals surface area contributed by atoms with E-state index in [-0.39, 0.29) is 24.3 Å². The van der Waals surface area contributed by atoms with E-state index in [9.17, 15) is 8.78 Å². The van der Waals surface area contributed by atoms with E-state index in [2.05, 4.69) is 5.32 Å². The average molecular weight is 291 g/mol. The topological polar surface area (TPSA) is 21.3 Å². The van der Waals surface area contributed by atoms with E-state index in [1.807, 2.05) is 6.92 Å². The summed E-state index contributed by atoms with van der Waals surface area (Å²) in [5, 5.41) is 3.06. The monoisotopic (exact) mass is 291 g/mol. The van der Waals surface area contributed by atoms with Gasteiger partial charge in [0.1, 0.15) is 24.0 Å². The molecule has 0 saturated heterocycles. The van der Waals surface area contributed by atoms with Crippen molar-refractivity contribution in [3.8, 4) is 5.75 Å². The standard InChI is InChI=1S/C17H19F2NO/c1-11-8-17(14(9-16(11)19)12(2)20-3)21-10-13-6-4-5-7-15(13)18/h4-9,12,20H,10H2,1-3H3. The zero-order chi connectivity index (χ0) is 15.4. The lowest BCUT2D eigenvalue weighted by atomic mass is 10.0. The molecule has 112 valence electrons. The van der Waals surface area contributed by atoms with Gasteiger partial charge in [-0.2, -0.15) is 0 Å². The highest BCUT2D eigenvalue weighted by molar-refractivity contribution is 5.40. The molecule has 0 aliphatic rings. The Bertz CT molecular complexity index is 628. The average Bonchev–Trinajstić information content (AvgIpc) is 2.48. The minimum atomic E-state index is -0.306. The molecule has 0 aliphatic heterocycles. The molecule has 2 aromatic rings. The lowest BCUT2D eigenvalue weighted by Crippen LogP contribution is -2.14. The zero-order valence-corrected chi connectivity index (χ0v) is 12.4. The second kappa shape index (κ2) is 6.68. The predicted molar refractivity (Wildman–Crippen MR) is 79.3 cm³/mol. The van der Waals surface area contributed by atoms with Crippen molar-refractivity contribution in [2.75, 3.05) is 7.05 Å². The normalized spacial score (nSPS) is 12.2. The van der Waals surface area contributed by atoms with Gasteiger partial charge in [0.05, 0.1) is 0 Å². The number of aryl methyl sites for hydroxylation is 1. The summed E-state index contributed by atoms with van der Waals surface area (Å²) in [6.45, 7) is 3.71. The third kappa shape index (κ3) is 3.58. The van der Waals surface area contributed by atoms with Crippen LogP contribution in [0.15, 0.2) is 36.4 Å². The fourth-order valence-electron chi connectivity index (χ4n) is 2.06. The highest BCUT2D eigenvalue weighted by Crippen LogP contribution is 2.29. The van der Waals surface area contributed by atoms with Crippen molar-refractivity contribution in [3.05, 3.63) is 64.7 Å². The van der Waals surface area contributed by atoms with Crippen molar-refractivity contribution in [1.29, 1.82) is 0 Å². The highest BCUT2D eigenvalue weighted by atomic mass is 19.1. The minimum absolute atomic E-state index is 0.0595. The van der Waals surface area contributed by atoms with Gasteiger partial charge in [0.15, 0.2) is 0 Å². The van der Waals surface area contributed by atoms with Crippen molar-refractivity contribution in [1.82, 2.24) is 5.32 Å². The van der Waals surface area contributed by atoms with Crippen LogP contribution in [-0.2, 0) is 6.61 Å². The molecule has 4 heteroatoms. The van der Waals surface area contributed by atoms with Crippen LogP contribution in [0.25, 0.3) is 0 Å². The summed E-state index contributed by atoms with van der Waals surface area (Å²) >= 11 is 0. The largest absolute Gasteiger partial charge is 0.488 e. The van der Waals surface area contributed by atoms with Crippen molar-refractivity contribution in [2.45, 2.75) is 26.5 Å². The van der Waals surface area contributed by atoms with Crippen LogP contribution in [-0.4, -0.2) is 7.05 Å². The highest BCUT2D eigenvalue weighted by Gasteiger charge is 2.14. The molecule has 21 heavy (non-hydrogen) atoms. The Labute approximate surface area is 123 Å². The predicted octanol–water partition coefficient (Wildman–Crippen LogP) is 4.13. The Kier molecular flexibility index (Phi) is 4.91. The Morgan fingerprint density at radius 1 is 1.14 bits per heavy atom. The Morgan fingerprint density at radius 3 is 2.52 bits per heavy atom. The molecule has 0 aromatic heterocycles. The van der Waals surface area contributed by atoms with Gasteiger partial charge in [0.2, 0.25) is 0 Å². The van der Waals surface area contributed by atoms with Gasteiger partial charge in [-0.1, -0.05) is 18.2 Å². The summed E-state index contributed by atoms with van der Waals surface area (Å²) < 4.78 is 33.1. The molecule has 1 atom stereocenters. The smallest absolute Gasteiger partial charge is 0.129 e. The number of nitrogens with one attached hydrogen (secondary N) is 1. The van der Waals surface area contributed by atoms with Gasteiger partial charge < -0.3 is 10.1 Å². The zero-order valence-electron chi connectivity index (χ0n) is 12.4. The first-order valence-electron chi connectivity index (χ1n) is 6.86. The van der Waals surface area contributed by atoms with Crippen LogP contribution in [0.1, 0.15) is 29.7 Å². The van der Waals surface area contributed by atoms with E-state index in [1.54, 1.807) is 38.2 Å². The van der Waals surface area contributed by atoms with Crippen LogP contribution >= 0.6 is 0 Å². The van der Waals surface area contributed by atoms with Gasteiger partial charge in [0.25, 0.3) is 0 Å². The first kappa shape index (κ1) is 15.4. The second-order valence-electron chi connectivity index (χ2n) is 5.03. The van der Waals surface area contributed by atoms with Gasteiger partial charge in [0, 0.05) is 17.2 Å². The second-order valence-corrected chi connectivity index (χ2v) is 5.03. The number of halogens is 2. The molecule has 0 spiro atoms. The lowest BCUT2D eigenvalue weighted by molar-refractivity contribution is 0.293. The van der Waals surface area contributed by atoms with Gasteiger partial charge in [-0.3, -0.25) is 0 Å². The SMILES string of the molecule is CNC(C)c1cc(F)c(C)cc1OCc1ccccc1F. The molecule has 2 aromatic carbocycles. The van der Waals surface area contributed by atoms with Crippen molar-refractivity contribution < 1.29 is 13.5 Å². The molecular formula is C17H19F2NO. The number of hydrogen-bond donors (Lipinski definition) is 1. The van der Waals surface area contributed by atoms with E-state index in [0.717, 1.165) is 5.56 Å². The molecule has 0 bridgehead atoms. The van der Waals surface area contributed by atoms with Gasteiger partial charge in [-0.15, -0.1) is 0 Å². The third-order valence-electron chi connectivity index (χ3n) is 3.53. The van der Waals surface area contributed by atoms with E-state index in [1.165, 1.54) is 12.1 Å². The quantitative estimate of drug-likeness (QED) is 0.894. The molecule has 0 amide bonds. The summed E-state index contributed by atoms with van der Waals surface area (Å²) in [5.41, 5.74) is 1.70. The Balaban J connectivity index is 2.26. The molecule has 0 fully saturated rings. The van der Waals surface area contributed by atoms with Crippen molar-refractivity contribution >= 4 is 0 Å². The summed E-state index contributed by atoms with van der Waals surface area (Å²) in [6.07, 6.45) is 0. The van der Waals surface area contributed by atoms with Crippen molar-refractivity contribution in [3.63, 3.8) is 0 Å². The number of ether oxygens (including phenoxy) is 1. The first-order valence-corrected chi connectivity index (χ1v) is 6.86. The molecule has 0 radical (unpaired) electrons. The van der Waals surface area contributed by atoms with E-state index in [4.69, 9.17) is 4.74 Å². The summed E-state index contributed by atoms with van der Waals surface area (Å²) in [4.78, 5) is 0. The van der Waals surface area contributed by atoms with E-state index in [0.29, 0.717) is 16.9 Å². The van der Waals surface area contributed by atoms with Crippen LogP contribution in [0.3, 0.4) is 0 Å². The van der Waals surface area contributed by atoms with Crippen LogP contribution < -0.4 is 10.1 Å². The summed E-state index contributed by atoms with van der Waals surface area (Å²) in [7, 11) is 1.79. The summed E-state index contributed by atoms with van der Waals surface area (Å²) in [5.74, 6) is -0.0103. The Morgan fingerprint density at radius 2 is 1.86 bits per heavy atom. The fourth-order valence-corrected chi connectivity index (χ4v) is 2.06. The maximum atomic E-state index is 13.7. The molecule has 0 heterocycles. The third-order valence-corrected chi connectivity index (χ3v) is 3.53. The maximum absolute atomic E-state index is 13.7. The van der Waals surface area contributed by atoms with Crippen LogP contribution in [0.4, 0.5) is 8.78 Å². The van der Waals surface area contributed by atoms with Gasteiger partial charge in [-0.05, 0) is 44.7 Å². The Hall–Kier alpha value is -1.94. The summed E-state index contributed by atoms with van der Waals surface area (Å²) in [6, 6.07) is 9.52. The molecule has 2 rings (SSSR count). The maximum Gasteiger partial charge on any atom is 0.129 e. The van der Waals surface area contributed by atoms with Gasteiger partial charge >= 0.3 is 0 Å². The fraction of sp³-hybridized carbons (Fsp3) is 0.294. The first-order chi connectivity index (χ1) is 10.0. The molecule has 2 nitrogen and oxygen atoms in total. The number of rotatable bonds is 5. The van der Waals surface area contributed by atoms with Crippen molar-refractivity contribution in [2.24, 2.45) is 0 Å². The minimum Gasteiger partial charge on any atom is -0.488 e. The molecule has 1 unspecified atom stereocenters. The molecule has 1 N–H and O–H groups in total. The van der Waals surface area contributed by atoms with Crippen LogP contribution in [0, 0.1) is 18.6 Å². The molecule has 0 aliphatic carbocycles.